The van der Waals surface area contributed by atoms with E-state index in [4.69, 9.17) is 4.74 Å². The van der Waals surface area contributed by atoms with Crippen LogP contribution in [0.15, 0.2) is 116 Å². The number of hydrogen-bond donors (Lipinski definition) is 4. The number of carbonyl (C=O) groups excluding carboxylic acids is 2. The number of anilines is 2. The molecule has 1 saturated heterocycles. The number of aliphatic hydroxyl groups excluding tert-OH is 1. The van der Waals surface area contributed by atoms with Gasteiger partial charge in [0.05, 0.1) is 43.0 Å². The molecular weight excluding hydrogens is 709 g/mol. The number of para-hydroxylation sites is 1. The van der Waals surface area contributed by atoms with Crippen LogP contribution in [0, 0.1) is 5.92 Å². The van der Waals surface area contributed by atoms with Gasteiger partial charge in [-0.2, -0.15) is 0 Å². The standard InChI is InChI=1S/C43H46N6O5Si/c1-28-41(55(2,3)53)39(20-21-48-26-37(46-47-48)34(27-50)30-14-8-5-9-15-30)54-43(28)35-23-32(45-40(51)22-31-24-44-36-17-11-10-16-33(31)36)18-19-38(35)49(42(43)52)25-29-12-6-4-7-13-29/h4-19,23-24,26,28,34,39,41,44,50,53H,20-22,25,27H2,1-3H3,(H,45,51)/t28-,34?,39+,41-,43+/m0/s1. The Kier molecular flexibility index (Phi) is 9.76. The van der Waals surface area contributed by atoms with E-state index in [1.54, 1.807) is 9.58 Å². The van der Waals surface area contributed by atoms with Crippen LogP contribution in [0.5, 0.6) is 0 Å². The molecule has 1 unspecified atom stereocenters. The average Bonchev–Trinajstić information content (AvgIpc) is 3.94. The first-order chi connectivity index (χ1) is 26.6. The minimum absolute atomic E-state index is 0.104. The highest BCUT2D eigenvalue weighted by molar-refractivity contribution is 6.71. The van der Waals surface area contributed by atoms with E-state index in [1.165, 1.54) is 0 Å². The van der Waals surface area contributed by atoms with E-state index < -0.39 is 20.0 Å². The van der Waals surface area contributed by atoms with Gasteiger partial charge in [0, 0.05) is 52.6 Å². The van der Waals surface area contributed by atoms with Gasteiger partial charge in [-0.15, -0.1) is 5.10 Å². The van der Waals surface area contributed by atoms with Crippen molar-refractivity contribution in [3.8, 4) is 0 Å². The maximum Gasteiger partial charge on any atom is 0.264 e. The zero-order chi connectivity index (χ0) is 38.3. The number of nitrogens with one attached hydrogen (secondary N) is 2. The van der Waals surface area contributed by atoms with Crippen LogP contribution in [0.1, 0.15) is 47.2 Å². The Labute approximate surface area is 321 Å². The Morgan fingerprint density at radius 2 is 1.75 bits per heavy atom. The predicted octanol–water partition coefficient (Wildman–Crippen LogP) is 6.50. The molecule has 55 heavy (non-hydrogen) atoms. The van der Waals surface area contributed by atoms with Crippen LogP contribution in [0.25, 0.3) is 10.9 Å². The maximum atomic E-state index is 15.0. The number of ether oxygens (including phenoxy) is 1. The number of amides is 2. The summed E-state index contributed by atoms with van der Waals surface area (Å²) in [6, 6.07) is 33.1. The molecule has 4 N–H and O–H groups in total. The Morgan fingerprint density at radius 1 is 1.02 bits per heavy atom. The van der Waals surface area contributed by atoms with Gasteiger partial charge in [-0.3, -0.25) is 14.3 Å². The molecule has 1 fully saturated rings. The summed E-state index contributed by atoms with van der Waals surface area (Å²) in [5.41, 5.74) is 4.77. The van der Waals surface area contributed by atoms with Crippen LogP contribution in [-0.4, -0.2) is 62.7 Å². The molecule has 11 nitrogen and oxygen atoms in total. The molecule has 2 aromatic heterocycles. The van der Waals surface area contributed by atoms with Crippen molar-refractivity contribution in [2.45, 2.75) is 69.1 Å². The maximum absolute atomic E-state index is 15.0. The molecule has 12 heteroatoms. The lowest BCUT2D eigenvalue weighted by molar-refractivity contribution is -0.146. The third kappa shape index (κ3) is 6.80. The Hall–Kier alpha value is -5.40. The van der Waals surface area contributed by atoms with Crippen molar-refractivity contribution >= 4 is 42.4 Å². The number of carbonyl (C=O) groups is 2. The van der Waals surface area contributed by atoms with Gasteiger partial charge >= 0.3 is 0 Å². The lowest BCUT2D eigenvalue weighted by Crippen LogP contribution is -2.46. The number of fused-ring (bicyclic) bond motifs is 3. The fourth-order valence-electron chi connectivity index (χ4n) is 8.90. The molecular formula is C43H46N6O5Si. The summed E-state index contributed by atoms with van der Waals surface area (Å²) >= 11 is 0. The lowest BCUT2D eigenvalue weighted by Gasteiger charge is -2.32. The van der Waals surface area contributed by atoms with Crippen LogP contribution in [0.4, 0.5) is 11.4 Å². The van der Waals surface area contributed by atoms with Crippen LogP contribution < -0.4 is 10.2 Å². The van der Waals surface area contributed by atoms with Gasteiger partial charge in [0.1, 0.15) is 0 Å². The van der Waals surface area contributed by atoms with Crippen molar-refractivity contribution < 1.29 is 24.2 Å². The monoisotopic (exact) mass is 754 g/mol. The van der Waals surface area contributed by atoms with Gasteiger partial charge in [-0.1, -0.05) is 91.0 Å². The molecule has 6 aromatic rings. The Bertz CT molecular complexity index is 2320. The van der Waals surface area contributed by atoms with Gasteiger partial charge < -0.3 is 29.8 Å². The molecule has 0 radical (unpaired) electrons. The van der Waals surface area contributed by atoms with Crippen molar-refractivity contribution in [2.24, 2.45) is 5.92 Å². The van der Waals surface area contributed by atoms with E-state index in [0.717, 1.165) is 33.3 Å². The van der Waals surface area contributed by atoms with E-state index in [0.29, 0.717) is 36.5 Å². The van der Waals surface area contributed by atoms with Gasteiger partial charge in [-0.25, -0.2) is 0 Å². The minimum atomic E-state index is -2.94. The molecule has 8 rings (SSSR count). The highest BCUT2D eigenvalue weighted by Crippen LogP contribution is 2.60. The minimum Gasteiger partial charge on any atom is -0.432 e. The number of rotatable bonds is 12. The Morgan fingerprint density at radius 3 is 2.49 bits per heavy atom. The van der Waals surface area contributed by atoms with E-state index in [-0.39, 0.29) is 42.2 Å². The van der Waals surface area contributed by atoms with Gasteiger partial charge in [0.25, 0.3) is 5.91 Å². The van der Waals surface area contributed by atoms with Crippen molar-refractivity contribution in [1.82, 2.24) is 20.0 Å². The van der Waals surface area contributed by atoms with E-state index in [2.05, 4.69) is 20.6 Å². The Balaban J connectivity index is 1.10. The topological polar surface area (TPSA) is 146 Å². The summed E-state index contributed by atoms with van der Waals surface area (Å²) < 4.78 is 8.84. The molecule has 4 heterocycles. The second-order valence-electron chi connectivity index (χ2n) is 15.4. The first kappa shape index (κ1) is 36.6. The fraction of sp³-hybridized carbons (Fsp3) is 0.302. The van der Waals surface area contributed by atoms with E-state index >= 15 is 4.79 Å². The fourth-order valence-corrected chi connectivity index (χ4v) is 11.5. The lowest BCUT2D eigenvalue weighted by atomic mass is 9.82. The molecule has 0 saturated carbocycles. The molecule has 0 bridgehead atoms. The zero-order valence-electron chi connectivity index (χ0n) is 31.2. The molecule has 0 aliphatic carbocycles. The van der Waals surface area contributed by atoms with Gasteiger partial charge in [0.2, 0.25) is 5.91 Å². The first-order valence-corrected chi connectivity index (χ1v) is 21.9. The summed E-state index contributed by atoms with van der Waals surface area (Å²) in [5, 5.41) is 23.1. The van der Waals surface area contributed by atoms with Crippen LogP contribution in [-0.2, 0) is 39.4 Å². The van der Waals surface area contributed by atoms with E-state index in [1.807, 2.05) is 136 Å². The molecule has 2 amide bonds. The summed E-state index contributed by atoms with van der Waals surface area (Å²) in [6.07, 6.45) is 3.91. The number of hydrogen-bond acceptors (Lipinski definition) is 7. The summed E-state index contributed by atoms with van der Waals surface area (Å²) in [5.74, 6) is -1.04. The first-order valence-electron chi connectivity index (χ1n) is 18.9. The van der Waals surface area contributed by atoms with Crippen LogP contribution >= 0.6 is 0 Å². The number of aromatic nitrogens is 4. The number of aromatic amines is 1. The molecule has 282 valence electrons. The molecule has 4 aromatic carbocycles. The largest absolute Gasteiger partial charge is 0.432 e. The third-order valence-electron chi connectivity index (χ3n) is 11.4. The zero-order valence-corrected chi connectivity index (χ0v) is 32.2. The molecule has 2 aliphatic heterocycles. The van der Waals surface area contributed by atoms with E-state index in [9.17, 15) is 14.7 Å². The number of aliphatic hydroxyl groups is 1. The SMILES string of the molecule is C[C@H]1[C@H]([Si](C)(C)O)[C@@H](CCn2cc(C(CO)c3ccccc3)nn2)O[C@]12C(=O)N(Cc1ccccc1)c1ccc(NC(=O)Cc3c[nH]c4ccccc34)cc12. The van der Waals surface area contributed by atoms with Crippen LogP contribution in [0.2, 0.25) is 18.6 Å². The van der Waals surface area contributed by atoms with Gasteiger partial charge in [-0.05, 0) is 60.5 Å². The average molecular weight is 755 g/mol. The normalized spacial score (nSPS) is 21.4. The van der Waals surface area contributed by atoms with Crippen LogP contribution in [0.3, 0.4) is 0 Å². The summed E-state index contributed by atoms with van der Waals surface area (Å²) in [7, 11) is -2.94. The summed E-state index contributed by atoms with van der Waals surface area (Å²) in [4.78, 5) is 45.4. The smallest absolute Gasteiger partial charge is 0.264 e. The van der Waals surface area contributed by atoms with Crippen molar-refractivity contribution in [3.63, 3.8) is 0 Å². The molecule has 1 spiro atoms. The summed E-state index contributed by atoms with van der Waals surface area (Å²) in [6.45, 7) is 6.52. The number of nitrogens with zero attached hydrogens (tertiary/aromatic N) is 4. The van der Waals surface area contributed by atoms with Crippen molar-refractivity contribution in [3.05, 3.63) is 143 Å². The second kappa shape index (κ2) is 14.7. The second-order valence-corrected chi connectivity index (χ2v) is 19.4. The van der Waals surface area contributed by atoms with Crippen molar-refractivity contribution in [1.29, 1.82) is 0 Å². The highest BCUT2D eigenvalue weighted by Gasteiger charge is 2.66. The number of aryl methyl sites for hydroxylation is 1. The molecule has 5 atom stereocenters. The van der Waals surface area contributed by atoms with Gasteiger partial charge in [0.15, 0.2) is 13.9 Å². The number of benzene rings is 4. The molecule has 2 aliphatic rings. The quantitative estimate of drug-likeness (QED) is 0.104. The predicted molar refractivity (Wildman–Crippen MR) is 214 cm³/mol. The van der Waals surface area contributed by atoms with Crippen molar-refractivity contribution in [2.75, 3.05) is 16.8 Å². The third-order valence-corrected chi connectivity index (χ3v) is 13.9. The highest BCUT2D eigenvalue weighted by atomic mass is 28.4. The number of H-pyrrole nitrogens is 1.